The maximum Gasteiger partial charge on any atom is 0.123 e. The Labute approximate surface area is 107 Å². The highest BCUT2D eigenvalue weighted by atomic mass is 19.1. The van der Waals surface area contributed by atoms with Crippen LogP contribution in [0.5, 0.6) is 5.75 Å². The molecule has 3 nitrogen and oxygen atoms in total. The Morgan fingerprint density at radius 3 is 2.67 bits per heavy atom. The molecular weight excluding hydrogens is 231 g/mol. The Kier molecular flexibility index (Phi) is 3.83. The third-order valence-corrected chi connectivity index (χ3v) is 3.03. The van der Waals surface area contributed by atoms with Crippen molar-refractivity contribution in [2.75, 3.05) is 6.61 Å². The molecule has 1 unspecified atom stereocenters. The fourth-order valence-electron chi connectivity index (χ4n) is 1.74. The third kappa shape index (κ3) is 3.71. The number of ether oxygens (including phenoxy) is 1. The zero-order valence-corrected chi connectivity index (χ0v) is 10.4. The van der Waals surface area contributed by atoms with Gasteiger partial charge in [0.1, 0.15) is 17.1 Å². The summed E-state index contributed by atoms with van der Waals surface area (Å²) in [4.78, 5) is 0. The maximum absolute atomic E-state index is 12.7. The monoisotopic (exact) mass is 248 g/mol. The highest BCUT2D eigenvalue weighted by Crippen LogP contribution is 2.24. The van der Waals surface area contributed by atoms with Crippen molar-refractivity contribution >= 4 is 0 Å². The van der Waals surface area contributed by atoms with Crippen LogP contribution < -0.4 is 10.1 Å². The van der Waals surface area contributed by atoms with Crippen molar-refractivity contribution in [2.45, 2.75) is 37.8 Å². The number of halogens is 1. The Balaban J connectivity index is 1.79. The van der Waals surface area contributed by atoms with Crippen molar-refractivity contribution in [3.63, 3.8) is 0 Å². The van der Waals surface area contributed by atoms with Crippen LogP contribution in [-0.4, -0.2) is 18.2 Å². The van der Waals surface area contributed by atoms with Crippen LogP contribution in [0, 0.1) is 17.1 Å². The zero-order valence-electron chi connectivity index (χ0n) is 10.4. The van der Waals surface area contributed by atoms with Crippen molar-refractivity contribution in [3.05, 3.63) is 30.1 Å². The van der Waals surface area contributed by atoms with Crippen LogP contribution in [0.3, 0.4) is 0 Å². The first-order valence-electron chi connectivity index (χ1n) is 6.19. The van der Waals surface area contributed by atoms with Crippen LogP contribution in [-0.2, 0) is 0 Å². The fourth-order valence-corrected chi connectivity index (χ4v) is 1.74. The predicted octanol–water partition coefficient (Wildman–Crippen LogP) is 2.63. The number of nitrogens with one attached hydrogen (secondary N) is 1. The SMILES string of the molecule is CC(C#N)(CCOc1ccc(F)cc1)NC1CC1. The molecule has 1 aliphatic rings. The lowest BCUT2D eigenvalue weighted by Crippen LogP contribution is -2.43. The topological polar surface area (TPSA) is 45.0 Å². The summed E-state index contributed by atoms with van der Waals surface area (Å²) in [6, 6.07) is 8.69. The van der Waals surface area contributed by atoms with Gasteiger partial charge >= 0.3 is 0 Å². The Morgan fingerprint density at radius 2 is 2.11 bits per heavy atom. The van der Waals surface area contributed by atoms with Crippen LogP contribution >= 0.6 is 0 Å². The molecule has 0 amide bonds. The van der Waals surface area contributed by atoms with E-state index in [-0.39, 0.29) is 5.82 Å². The molecule has 1 saturated carbocycles. The molecule has 1 aromatic rings. The van der Waals surface area contributed by atoms with E-state index < -0.39 is 5.54 Å². The Bertz CT molecular complexity index is 436. The predicted molar refractivity (Wildman–Crippen MR) is 66.7 cm³/mol. The van der Waals surface area contributed by atoms with Gasteiger partial charge in [0.05, 0.1) is 12.7 Å². The van der Waals surface area contributed by atoms with E-state index >= 15 is 0 Å². The first-order chi connectivity index (χ1) is 8.61. The van der Waals surface area contributed by atoms with Gasteiger partial charge in [-0.05, 0) is 44.0 Å². The first kappa shape index (κ1) is 12.8. The van der Waals surface area contributed by atoms with Crippen LogP contribution in [0.2, 0.25) is 0 Å². The summed E-state index contributed by atoms with van der Waals surface area (Å²) in [5.41, 5.74) is -0.540. The number of nitriles is 1. The maximum atomic E-state index is 12.7. The van der Waals surface area contributed by atoms with E-state index in [0.717, 1.165) is 12.8 Å². The summed E-state index contributed by atoms with van der Waals surface area (Å²) in [6.45, 7) is 2.33. The van der Waals surface area contributed by atoms with Gasteiger partial charge in [-0.2, -0.15) is 5.26 Å². The second kappa shape index (κ2) is 5.36. The fraction of sp³-hybridized carbons (Fsp3) is 0.500. The Morgan fingerprint density at radius 1 is 1.44 bits per heavy atom. The van der Waals surface area contributed by atoms with Gasteiger partial charge in [0.15, 0.2) is 0 Å². The van der Waals surface area contributed by atoms with Crippen molar-refractivity contribution in [3.8, 4) is 11.8 Å². The van der Waals surface area contributed by atoms with Gasteiger partial charge < -0.3 is 4.74 Å². The number of nitrogens with zero attached hydrogens (tertiary/aromatic N) is 1. The van der Waals surface area contributed by atoms with Gasteiger partial charge in [-0.1, -0.05) is 0 Å². The largest absolute Gasteiger partial charge is 0.493 e. The number of hydrogen-bond donors (Lipinski definition) is 1. The summed E-state index contributed by atoms with van der Waals surface area (Å²) in [7, 11) is 0. The summed E-state index contributed by atoms with van der Waals surface area (Å²) >= 11 is 0. The minimum absolute atomic E-state index is 0.278. The second-order valence-corrected chi connectivity index (χ2v) is 4.91. The highest BCUT2D eigenvalue weighted by Gasteiger charge is 2.32. The van der Waals surface area contributed by atoms with Crippen molar-refractivity contribution in [2.24, 2.45) is 0 Å². The minimum atomic E-state index is -0.540. The van der Waals surface area contributed by atoms with Gasteiger partial charge in [-0.25, -0.2) is 4.39 Å². The van der Waals surface area contributed by atoms with E-state index in [2.05, 4.69) is 11.4 Å². The molecule has 0 bridgehead atoms. The van der Waals surface area contributed by atoms with Gasteiger partial charge in [0, 0.05) is 12.5 Å². The molecule has 1 fully saturated rings. The zero-order chi connectivity index (χ0) is 13.0. The molecule has 96 valence electrons. The molecule has 0 radical (unpaired) electrons. The summed E-state index contributed by atoms with van der Waals surface area (Å²) in [6.07, 6.45) is 2.91. The standard InChI is InChI=1S/C14H17FN2O/c1-14(10-16,17-12-4-5-12)8-9-18-13-6-2-11(15)3-7-13/h2-3,6-7,12,17H,4-5,8-9H2,1H3. The summed E-state index contributed by atoms with van der Waals surface area (Å²) < 4.78 is 18.2. The number of rotatable bonds is 6. The molecule has 0 aromatic heterocycles. The van der Waals surface area contributed by atoms with Crippen LogP contribution in [0.1, 0.15) is 26.2 Å². The molecule has 4 heteroatoms. The quantitative estimate of drug-likeness (QED) is 0.841. The van der Waals surface area contributed by atoms with Gasteiger partial charge in [0.2, 0.25) is 0 Å². The lowest BCUT2D eigenvalue weighted by Gasteiger charge is -2.23. The summed E-state index contributed by atoms with van der Waals surface area (Å²) in [5, 5.41) is 12.5. The number of hydrogen-bond acceptors (Lipinski definition) is 3. The van der Waals surface area contributed by atoms with E-state index in [1.165, 1.54) is 12.1 Å². The van der Waals surface area contributed by atoms with Gasteiger partial charge in [-0.3, -0.25) is 5.32 Å². The van der Waals surface area contributed by atoms with Crippen molar-refractivity contribution in [1.82, 2.24) is 5.32 Å². The smallest absolute Gasteiger partial charge is 0.123 e. The molecule has 1 atom stereocenters. The molecule has 0 aliphatic heterocycles. The van der Waals surface area contributed by atoms with E-state index in [1.54, 1.807) is 12.1 Å². The van der Waals surface area contributed by atoms with Crippen molar-refractivity contribution < 1.29 is 9.13 Å². The molecular formula is C14H17FN2O. The van der Waals surface area contributed by atoms with E-state index in [4.69, 9.17) is 4.74 Å². The van der Waals surface area contributed by atoms with Gasteiger partial charge in [0.25, 0.3) is 0 Å². The van der Waals surface area contributed by atoms with E-state index in [1.807, 2.05) is 6.92 Å². The lowest BCUT2D eigenvalue weighted by atomic mass is 10.0. The molecule has 1 N–H and O–H groups in total. The number of benzene rings is 1. The lowest BCUT2D eigenvalue weighted by molar-refractivity contribution is 0.266. The van der Waals surface area contributed by atoms with Crippen LogP contribution in [0.15, 0.2) is 24.3 Å². The molecule has 1 aromatic carbocycles. The molecule has 0 saturated heterocycles. The van der Waals surface area contributed by atoms with E-state index in [0.29, 0.717) is 24.8 Å². The average molecular weight is 248 g/mol. The highest BCUT2D eigenvalue weighted by molar-refractivity contribution is 5.22. The summed E-state index contributed by atoms with van der Waals surface area (Å²) in [5.74, 6) is 0.350. The van der Waals surface area contributed by atoms with Crippen LogP contribution in [0.4, 0.5) is 4.39 Å². The average Bonchev–Trinajstić information content (AvgIpc) is 3.15. The van der Waals surface area contributed by atoms with Gasteiger partial charge in [-0.15, -0.1) is 0 Å². The second-order valence-electron chi connectivity index (χ2n) is 4.91. The van der Waals surface area contributed by atoms with Crippen molar-refractivity contribution in [1.29, 1.82) is 5.26 Å². The molecule has 0 spiro atoms. The molecule has 1 aliphatic carbocycles. The normalized spacial score (nSPS) is 17.8. The van der Waals surface area contributed by atoms with E-state index in [9.17, 15) is 9.65 Å². The molecule has 0 heterocycles. The molecule has 18 heavy (non-hydrogen) atoms. The third-order valence-electron chi connectivity index (χ3n) is 3.03. The Hall–Kier alpha value is -1.60. The molecule has 2 rings (SSSR count). The first-order valence-corrected chi connectivity index (χ1v) is 6.19. The minimum Gasteiger partial charge on any atom is -0.493 e. The van der Waals surface area contributed by atoms with Crippen LogP contribution in [0.25, 0.3) is 0 Å².